The molecule has 7 nitrogen and oxygen atoms in total. The van der Waals surface area contributed by atoms with Crippen LogP contribution in [0.5, 0.6) is 5.75 Å². The number of anilines is 2. The molecule has 2 amide bonds. The lowest BCUT2D eigenvalue weighted by atomic mass is 10.1. The number of hydrogen-bond acceptors (Lipinski definition) is 5. The monoisotopic (exact) mass is 418 g/mol. The van der Waals surface area contributed by atoms with Crippen LogP contribution in [0.4, 0.5) is 11.4 Å². The van der Waals surface area contributed by atoms with E-state index in [0.29, 0.717) is 34.7 Å². The van der Waals surface area contributed by atoms with Gasteiger partial charge in [-0.3, -0.25) is 14.4 Å². The molecule has 0 fully saturated rings. The molecule has 0 aliphatic rings. The number of hydrogen-bond donors (Lipinski definition) is 3. The Kier molecular flexibility index (Phi) is 7.13. The summed E-state index contributed by atoms with van der Waals surface area (Å²) < 4.78 is 4.96. The third kappa shape index (κ3) is 6.01. The van der Waals surface area contributed by atoms with Gasteiger partial charge in [0.1, 0.15) is 5.75 Å². The van der Waals surface area contributed by atoms with Gasteiger partial charge in [0.2, 0.25) is 0 Å². The zero-order valence-electron chi connectivity index (χ0n) is 16.9. The molecule has 7 heteroatoms. The highest BCUT2D eigenvalue weighted by Gasteiger charge is 2.14. The number of para-hydroxylation sites is 1. The predicted molar refractivity (Wildman–Crippen MR) is 117 cm³/mol. The van der Waals surface area contributed by atoms with Crippen molar-refractivity contribution in [2.24, 2.45) is 0 Å². The molecule has 0 spiro atoms. The first-order chi connectivity index (χ1) is 15.0. The van der Waals surface area contributed by atoms with Gasteiger partial charge in [-0.2, -0.15) is 0 Å². The van der Waals surface area contributed by atoms with Crippen molar-refractivity contribution < 1.29 is 24.2 Å². The smallest absolute Gasteiger partial charge is 0.308 e. The second-order valence-corrected chi connectivity index (χ2v) is 6.74. The minimum atomic E-state index is -0.444. The Morgan fingerprint density at radius 1 is 0.839 bits per heavy atom. The topological polar surface area (TPSA) is 105 Å². The van der Waals surface area contributed by atoms with Crippen LogP contribution in [-0.2, 0) is 11.2 Å². The van der Waals surface area contributed by atoms with Crippen LogP contribution in [0, 0.1) is 0 Å². The second kappa shape index (κ2) is 10.2. The van der Waals surface area contributed by atoms with E-state index in [9.17, 15) is 14.4 Å². The summed E-state index contributed by atoms with van der Waals surface area (Å²) in [4.78, 5) is 36.4. The fourth-order valence-electron chi connectivity index (χ4n) is 2.91. The Labute approximate surface area is 179 Å². The van der Waals surface area contributed by atoms with Crippen molar-refractivity contribution in [3.63, 3.8) is 0 Å². The summed E-state index contributed by atoms with van der Waals surface area (Å²) in [7, 11) is 0. The van der Waals surface area contributed by atoms with Gasteiger partial charge in [-0.25, -0.2) is 0 Å². The lowest BCUT2D eigenvalue weighted by Crippen LogP contribution is -2.18. The molecule has 158 valence electrons. The first-order valence-electron chi connectivity index (χ1n) is 9.66. The summed E-state index contributed by atoms with van der Waals surface area (Å²) in [6, 6.07) is 20.0. The van der Waals surface area contributed by atoms with E-state index < -0.39 is 11.9 Å². The minimum Gasteiger partial charge on any atom is -0.427 e. The van der Waals surface area contributed by atoms with Gasteiger partial charge < -0.3 is 20.5 Å². The molecule has 0 aliphatic carbocycles. The standard InChI is InChI=1S/C24H22N2O5/c1-16(28)31-20-12-8-18(9-13-20)23(29)26-22-5-3-2-4-21(22)24(30)25-19-10-6-17(7-11-19)14-15-27/h2-13,27H,14-15H2,1H3,(H,25,30)(H,26,29). The Balaban J connectivity index is 1.71. The van der Waals surface area contributed by atoms with Gasteiger partial charge >= 0.3 is 5.97 Å². The van der Waals surface area contributed by atoms with Crippen molar-refractivity contribution in [2.75, 3.05) is 17.2 Å². The maximum atomic E-state index is 12.8. The Bertz CT molecular complexity index is 1080. The molecule has 0 heterocycles. The maximum absolute atomic E-state index is 12.8. The zero-order valence-corrected chi connectivity index (χ0v) is 16.9. The molecule has 0 unspecified atom stereocenters. The first-order valence-corrected chi connectivity index (χ1v) is 9.66. The largest absolute Gasteiger partial charge is 0.427 e. The number of nitrogens with one attached hydrogen (secondary N) is 2. The molecular formula is C24H22N2O5. The highest BCUT2D eigenvalue weighted by Crippen LogP contribution is 2.20. The van der Waals surface area contributed by atoms with E-state index in [1.54, 1.807) is 36.4 Å². The third-order valence-electron chi connectivity index (χ3n) is 4.41. The molecule has 3 aromatic carbocycles. The number of esters is 1. The van der Waals surface area contributed by atoms with Crippen molar-refractivity contribution in [3.8, 4) is 5.75 Å². The number of benzene rings is 3. The quantitative estimate of drug-likeness (QED) is 0.401. The summed E-state index contributed by atoms with van der Waals surface area (Å²) in [5.74, 6) is -0.868. The molecule has 0 bridgehead atoms. The number of rotatable bonds is 7. The SMILES string of the molecule is CC(=O)Oc1ccc(C(=O)Nc2ccccc2C(=O)Nc2ccc(CCO)cc2)cc1. The van der Waals surface area contributed by atoms with Crippen molar-refractivity contribution in [1.29, 1.82) is 0 Å². The molecule has 0 saturated carbocycles. The molecule has 3 N–H and O–H groups in total. The fourth-order valence-corrected chi connectivity index (χ4v) is 2.91. The van der Waals surface area contributed by atoms with Crippen LogP contribution >= 0.6 is 0 Å². The maximum Gasteiger partial charge on any atom is 0.308 e. The van der Waals surface area contributed by atoms with Crippen LogP contribution in [0.25, 0.3) is 0 Å². The van der Waals surface area contributed by atoms with Gasteiger partial charge in [0.05, 0.1) is 11.3 Å². The Hall–Kier alpha value is -3.97. The number of carbonyl (C=O) groups is 3. The molecule has 0 atom stereocenters. The van der Waals surface area contributed by atoms with Gasteiger partial charge in [0, 0.05) is 24.8 Å². The van der Waals surface area contributed by atoms with E-state index in [2.05, 4.69) is 10.6 Å². The number of amides is 2. The van der Waals surface area contributed by atoms with Gasteiger partial charge in [0.25, 0.3) is 11.8 Å². The van der Waals surface area contributed by atoms with E-state index in [4.69, 9.17) is 9.84 Å². The van der Waals surface area contributed by atoms with E-state index >= 15 is 0 Å². The van der Waals surface area contributed by atoms with E-state index in [-0.39, 0.29) is 12.5 Å². The van der Waals surface area contributed by atoms with Gasteiger partial charge in [-0.15, -0.1) is 0 Å². The first kappa shape index (κ1) is 21.7. The third-order valence-corrected chi connectivity index (χ3v) is 4.41. The predicted octanol–water partition coefficient (Wildman–Crippen LogP) is 3.65. The molecular weight excluding hydrogens is 396 g/mol. The van der Waals surface area contributed by atoms with E-state index in [1.165, 1.54) is 31.2 Å². The van der Waals surface area contributed by atoms with Crippen molar-refractivity contribution in [2.45, 2.75) is 13.3 Å². The van der Waals surface area contributed by atoms with Crippen LogP contribution in [0.3, 0.4) is 0 Å². The summed E-state index contributed by atoms with van der Waals surface area (Å²) in [6.07, 6.45) is 0.547. The lowest BCUT2D eigenvalue weighted by molar-refractivity contribution is -0.131. The zero-order chi connectivity index (χ0) is 22.2. The van der Waals surface area contributed by atoms with Crippen LogP contribution in [-0.4, -0.2) is 29.5 Å². The number of carbonyl (C=O) groups excluding carboxylic acids is 3. The highest BCUT2D eigenvalue weighted by atomic mass is 16.5. The normalized spacial score (nSPS) is 10.3. The van der Waals surface area contributed by atoms with Crippen molar-refractivity contribution in [3.05, 3.63) is 89.5 Å². The summed E-state index contributed by atoms with van der Waals surface area (Å²) in [5, 5.41) is 14.5. The number of aliphatic hydroxyl groups excluding tert-OH is 1. The minimum absolute atomic E-state index is 0.0608. The highest BCUT2D eigenvalue weighted by molar-refractivity contribution is 6.12. The summed E-state index contributed by atoms with van der Waals surface area (Å²) in [5.41, 5.74) is 2.60. The molecule has 3 aromatic rings. The summed E-state index contributed by atoms with van der Waals surface area (Å²) >= 11 is 0. The fraction of sp³-hybridized carbons (Fsp3) is 0.125. The van der Waals surface area contributed by atoms with Gasteiger partial charge in [0.15, 0.2) is 0 Å². The summed E-state index contributed by atoms with van der Waals surface area (Å²) in [6.45, 7) is 1.36. The molecule has 0 aliphatic heterocycles. The van der Waals surface area contributed by atoms with Crippen LogP contribution in [0.2, 0.25) is 0 Å². The Morgan fingerprint density at radius 2 is 1.52 bits per heavy atom. The Morgan fingerprint density at radius 3 is 2.16 bits per heavy atom. The molecule has 3 rings (SSSR count). The van der Waals surface area contributed by atoms with E-state index in [1.807, 2.05) is 12.1 Å². The lowest BCUT2D eigenvalue weighted by Gasteiger charge is -2.12. The molecule has 0 aromatic heterocycles. The number of aliphatic hydroxyl groups is 1. The van der Waals surface area contributed by atoms with Crippen LogP contribution in [0.1, 0.15) is 33.2 Å². The molecule has 0 radical (unpaired) electrons. The number of ether oxygens (including phenoxy) is 1. The average molecular weight is 418 g/mol. The van der Waals surface area contributed by atoms with Crippen LogP contribution in [0.15, 0.2) is 72.8 Å². The second-order valence-electron chi connectivity index (χ2n) is 6.74. The molecule has 0 saturated heterocycles. The van der Waals surface area contributed by atoms with Gasteiger partial charge in [-0.1, -0.05) is 24.3 Å². The molecule has 31 heavy (non-hydrogen) atoms. The van der Waals surface area contributed by atoms with Crippen molar-refractivity contribution >= 4 is 29.2 Å². The van der Waals surface area contributed by atoms with E-state index in [0.717, 1.165) is 5.56 Å². The van der Waals surface area contributed by atoms with Gasteiger partial charge in [-0.05, 0) is 60.5 Å². The van der Waals surface area contributed by atoms with Crippen LogP contribution < -0.4 is 15.4 Å². The van der Waals surface area contributed by atoms with Crippen molar-refractivity contribution in [1.82, 2.24) is 0 Å². The average Bonchev–Trinajstić information content (AvgIpc) is 2.75.